The summed E-state index contributed by atoms with van der Waals surface area (Å²) in [7, 11) is 0. The Morgan fingerprint density at radius 2 is 2.45 bits per heavy atom. The Balaban J connectivity index is 1.64. The average Bonchev–Trinajstić information content (AvgIpc) is 3.08. The number of aromatic nitrogens is 4. The number of carbonyl (C=O) groups excluding carboxylic acids is 1. The van der Waals surface area contributed by atoms with E-state index < -0.39 is 0 Å². The van der Waals surface area contributed by atoms with Gasteiger partial charge in [0.25, 0.3) is 0 Å². The molecule has 7 heteroatoms. The third kappa shape index (κ3) is 2.87. The van der Waals surface area contributed by atoms with Gasteiger partial charge in [0, 0.05) is 13.1 Å². The van der Waals surface area contributed by atoms with E-state index in [0.29, 0.717) is 11.7 Å². The van der Waals surface area contributed by atoms with Crippen molar-refractivity contribution in [1.29, 1.82) is 0 Å². The first kappa shape index (κ1) is 13.2. The van der Waals surface area contributed by atoms with Crippen LogP contribution >= 0.6 is 11.3 Å². The molecule has 0 aliphatic carbocycles. The quantitative estimate of drug-likeness (QED) is 0.862. The lowest BCUT2D eigenvalue weighted by Crippen LogP contribution is -2.41. The normalized spacial score (nSPS) is 19.2. The van der Waals surface area contributed by atoms with Crippen LogP contribution in [0.25, 0.3) is 10.7 Å². The molecule has 1 atom stereocenters. The number of hydrogen-bond donors (Lipinski definition) is 0. The van der Waals surface area contributed by atoms with Gasteiger partial charge in [-0.2, -0.15) is 4.80 Å². The number of likely N-dealkylation sites (tertiary alicyclic amines) is 1. The van der Waals surface area contributed by atoms with Gasteiger partial charge >= 0.3 is 0 Å². The van der Waals surface area contributed by atoms with Crippen molar-refractivity contribution in [1.82, 2.24) is 25.1 Å². The highest BCUT2D eigenvalue weighted by molar-refractivity contribution is 7.13. The number of nitrogens with zero attached hydrogens (tertiary/aromatic N) is 5. The standard InChI is InChI=1S/C13H17N5OS/c1-10-4-2-6-17(8-10)12(19)9-18-15-13(14-16-18)11-5-3-7-20-11/h3,5,7,10H,2,4,6,8-9H2,1H3/t10-/m1/s1. The van der Waals surface area contributed by atoms with E-state index in [9.17, 15) is 4.79 Å². The minimum absolute atomic E-state index is 0.0756. The summed E-state index contributed by atoms with van der Waals surface area (Å²) >= 11 is 1.56. The van der Waals surface area contributed by atoms with E-state index in [4.69, 9.17) is 0 Å². The van der Waals surface area contributed by atoms with E-state index in [-0.39, 0.29) is 12.5 Å². The summed E-state index contributed by atoms with van der Waals surface area (Å²) in [5.41, 5.74) is 0. The van der Waals surface area contributed by atoms with Crippen LogP contribution in [0, 0.1) is 5.92 Å². The third-order valence-corrected chi connectivity index (χ3v) is 4.35. The Hall–Kier alpha value is -1.76. The molecule has 0 bridgehead atoms. The van der Waals surface area contributed by atoms with Crippen LogP contribution in [0.1, 0.15) is 19.8 Å². The monoisotopic (exact) mass is 291 g/mol. The topological polar surface area (TPSA) is 63.9 Å². The molecule has 0 saturated carbocycles. The first-order chi connectivity index (χ1) is 9.72. The van der Waals surface area contributed by atoms with Gasteiger partial charge in [0.15, 0.2) is 0 Å². The van der Waals surface area contributed by atoms with Gasteiger partial charge < -0.3 is 4.90 Å². The Bertz CT molecular complexity index is 579. The van der Waals surface area contributed by atoms with Crippen molar-refractivity contribution < 1.29 is 4.79 Å². The average molecular weight is 291 g/mol. The fraction of sp³-hybridized carbons (Fsp3) is 0.538. The third-order valence-electron chi connectivity index (χ3n) is 3.48. The zero-order valence-corrected chi connectivity index (χ0v) is 12.2. The summed E-state index contributed by atoms with van der Waals surface area (Å²) in [6.07, 6.45) is 2.28. The maximum atomic E-state index is 12.2. The predicted molar refractivity (Wildman–Crippen MR) is 76.1 cm³/mol. The van der Waals surface area contributed by atoms with Crippen molar-refractivity contribution >= 4 is 17.2 Å². The first-order valence-corrected chi connectivity index (χ1v) is 7.70. The Kier molecular flexibility index (Phi) is 3.77. The lowest BCUT2D eigenvalue weighted by molar-refractivity contribution is -0.134. The maximum absolute atomic E-state index is 12.2. The molecule has 20 heavy (non-hydrogen) atoms. The highest BCUT2D eigenvalue weighted by Crippen LogP contribution is 2.19. The van der Waals surface area contributed by atoms with E-state index >= 15 is 0 Å². The molecule has 1 aliphatic heterocycles. The Morgan fingerprint density at radius 3 is 3.20 bits per heavy atom. The number of hydrogen-bond acceptors (Lipinski definition) is 5. The van der Waals surface area contributed by atoms with Crippen LogP contribution in [0.3, 0.4) is 0 Å². The van der Waals surface area contributed by atoms with E-state index in [2.05, 4.69) is 22.3 Å². The van der Waals surface area contributed by atoms with Crippen molar-refractivity contribution in [2.45, 2.75) is 26.3 Å². The lowest BCUT2D eigenvalue weighted by Gasteiger charge is -2.30. The molecule has 3 rings (SSSR count). The van der Waals surface area contributed by atoms with E-state index in [1.54, 1.807) is 11.3 Å². The van der Waals surface area contributed by atoms with Crippen molar-refractivity contribution in [2.75, 3.05) is 13.1 Å². The molecular formula is C13H17N5OS. The highest BCUT2D eigenvalue weighted by atomic mass is 32.1. The number of carbonyl (C=O) groups is 1. The minimum atomic E-state index is 0.0756. The van der Waals surface area contributed by atoms with Crippen LogP contribution in [0.15, 0.2) is 17.5 Å². The minimum Gasteiger partial charge on any atom is -0.341 e. The zero-order chi connectivity index (χ0) is 13.9. The molecule has 0 spiro atoms. The fourth-order valence-electron chi connectivity index (χ4n) is 2.45. The van der Waals surface area contributed by atoms with E-state index in [1.165, 1.54) is 11.2 Å². The van der Waals surface area contributed by atoms with Gasteiger partial charge in [-0.1, -0.05) is 13.0 Å². The van der Waals surface area contributed by atoms with Crippen molar-refractivity contribution in [3.63, 3.8) is 0 Å². The van der Waals surface area contributed by atoms with Crippen molar-refractivity contribution in [2.24, 2.45) is 5.92 Å². The first-order valence-electron chi connectivity index (χ1n) is 6.82. The van der Waals surface area contributed by atoms with Gasteiger partial charge in [-0.15, -0.1) is 21.5 Å². The van der Waals surface area contributed by atoms with Crippen molar-refractivity contribution in [3.05, 3.63) is 17.5 Å². The van der Waals surface area contributed by atoms with Crippen LogP contribution in [-0.2, 0) is 11.3 Å². The number of piperidine rings is 1. The molecule has 1 amide bonds. The van der Waals surface area contributed by atoms with Gasteiger partial charge in [0.2, 0.25) is 11.7 Å². The van der Waals surface area contributed by atoms with Gasteiger partial charge in [-0.3, -0.25) is 4.79 Å². The molecule has 106 valence electrons. The summed E-state index contributed by atoms with van der Waals surface area (Å²) in [5.74, 6) is 1.24. The molecule has 6 nitrogen and oxygen atoms in total. The summed E-state index contributed by atoms with van der Waals surface area (Å²) < 4.78 is 0. The van der Waals surface area contributed by atoms with Gasteiger partial charge in [0.05, 0.1) is 4.88 Å². The SMILES string of the molecule is C[C@@H]1CCCN(C(=O)Cn2nnc(-c3cccs3)n2)C1. The summed E-state index contributed by atoms with van der Waals surface area (Å²) in [4.78, 5) is 16.5. The second-order valence-corrected chi connectivity index (χ2v) is 6.16. The molecule has 1 aliphatic rings. The fourth-order valence-corrected chi connectivity index (χ4v) is 3.10. The van der Waals surface area contributed by atoms with Gasteiger partial charge in [0.1, 0.15) is 6.54 Å². The molecule has 0 radical (unpaired) electrons. The van der Waals surface area contributed by atoms with Crippen LogP contribution in [-0.4, -0.2) is 44.1 Å². The number of rotatable bonds is 3. The summed E-state index contributed by atoms with van der Waals surface area (Å²) in [6.45, 7) is 4.04. The van der Waals surface area contributed by atoms with Crippen molar-refractivity contribution in [3.8, 4) is 10.7 Å². The molecule has 2 aromatic rings. The van der Waals surface area contributed by atoms with Crippen LogP contribution < -0.4 is 0 Å². The number of thiophene rings is 1. The molecule has 1 saturated heterocycles. The second kappa shape index (κ2) is 5.70. The molecule has 2 aromatic heterocycles. The maximum Gasteiger partial charge on any atom is 0.246 e. The molecule has 0 aromatic carbocycles. The zero-order valence-electron chi connectivity index (χ0n) is 11.4. The Morgan fingerprint density at radius 1 is 1.55 bits per heavy atom. The molecule has 3 heterocycles. The summed E-state index contributed by atoms with van der Waals surface area (Å²) in [5, 5.41) is 14.2. The van der Waals surface area contributed by atoms with E-state index in [1.807, 2.05) is 22.4 Å². The van der Waals surface area contributed by atoms with Crippen LogP contribution in [0.2, 0.25) is 0 Å². The largest absolute Gasteiger partial charge is 0.341 e. The van der Waals surface area contributed by atoms with Gasteiger partial charge in [-0.05, 0) is 35.4 Å². The Labute approximate surface area is 121 Å². The predicted octanol–water partition coefficient (Wildman–Crippen LogP) is 1.66. The van der Waals surface area contributed by atoms with E-state index in [0.717, 1.165) is 24.4 Å². The highest BCUT2D eigenvalue weighted by Gasteiger charge is 2.21. The molecule has 0 N–H and O–H groups in total. The van der Waals surface area contributed by atoms with Gasteiger partial charge in [-0.25, -0.2) is 0 Å². The molecular weight excluding hydrogens is 274 g/mol. The lowest BCUT2D eigenvalue weighted by atomic mass is 10.0. The molecule has 0 unspecified atom stereocenters. The summed E-state index contributed by atoms with van der Waals surface area (Å²) in [6, 6.07) is 3.89. The second-order valence-electron chi connectivity index (χ2n) is 5.21. The van der Waals surface area contributed by atoms with Crippen LogP contribution in [0.5, 0.6) is 0 Å². The smallest absolute Gasteiger partial charge is 0.246 e. The number of tetrazole rings is 1. The number of amides is 1. The van der Waals surface area contributed by atoms with Crippen LogP contribution in [0.4, 0.5) is 0 Å². The molecule has 1 fully saturated rings.